The van der Waals surface area contributed by atoms with E-state index in [0.717, 1.165) is 0 Å². The van der Waals surface area contributed by atoms with Crippen molar-refractivity contribution in [3.63, 3.8) is 0 Å². The third-order valence-corrected chi connectivity index (χ3v) is 2.64. The molecule has 0 radical (unpaired) electrons. The Kier molecular flexibility index (Phi) is 2.70. The minimum atomic E-state index is -0.502. The second-order valence-corrected chi connectivity index (χ2v) is 3.60. The molecule has 78 valence electrons. The summed E-state index contributed by atoms with van der Waals surface area (Å²) < 4.78 is 23.9. The molecule has 0 aliphatic carbocycles. The van der Waals surface area contributed by atoms with Gasteiger partial charge in [-0.1, -0.05) is 0 Å². The summed E-state index contributed by atoms with van der Waals surface area (Å²) in [5.74, 6) is 0.281. The van der Waals surface area contributed by atoms with Gasteiger partial charge >= 0.3 is 0 Å². The Bertz CT molecular complexity index is 457. The van der Waals surface area contributed by atoms with Crippen LogP contribution in [0.5, 0.6) is 11.5 Å². The van der Waals surface area contributed by atoms with Crippen molar-refractivity contribution in [3.05, 3.63) is 21.9 Å². The van der Waals surface area contributed by atoms with Crippen LogP contribution in [0.3, 0.4) is 0 Å². The second-order valence-electron chi connectivity index (χ2n) is 2.80. The zero-order valence-corrected chi connectivity index (χ0v) is 9.01. The smallest absolute Gasteiger partial charge is 0.235 e. The van der Waals surface area contributed by atoms with E-state index in [-0.39, 0.29) is 23.4 Å². The average molecular weight is 274 g/mol. The zero-order valence-electron chi connectivity index (χ0n) is 7.42. The summed E-state index contributed by atoms with van der Waals surface area (Å²) in [5, 5.41) is 0. The normalized spacial score (nSPS) is 12.4. The number of nitrogens with zero attached hydrogens (tertiary/aromatic N) is 1. The summed E-state index contributed by atoms with van der Waals surface area (Å²) in [7, 11) is 0. The molecule has 1 heterocycles. The summed E-state index contributed by atoms with van der Waals surface area (Å²) in [6.45, 7) is -0.00164. The molecule has 1 aliphatic rings. The van der Waals surface area contributed by atoms with Crippen molar-refractivity contribution in [1.29, 1.82) is 0 Å². The van der Waals surface area contributed by atoms with E-state index in [4.69, 9.17) is 9.47 Å². The quantitative estimate of drug-likeness (QED) is 0.613. The van der Waals surface area contributed by atoms with Crippen molar-refractivity contribution in [1.82, 2.24) is 0 Å². The number of rotatable bonds is 2. The highest BCUT2D eigenvalue weighted by Crippen LogP contribution is 2.42. The minimum Gasteiger partial charge on any atom is -0.454 e. The highest BCUT2D eigenvalue weighted by molar-refractivity contribution is 9.10. The molecule has 6 heteroatoms. The number of aliphatic imine (C=N–C) groups is 1. The highest BCUT2D eigenvalue weighted by Gasteiger charge is 2.22. The van der Waals surface area contributed by atoms with Gasteiger partial charge in [0, 0.05) is 5.56 Å². The van der Waals surface area contributed by atoms with Crippen molar-refractivity contribution < 1.29 is 18.7 Å². The maximum absolute atomic E-state index is 13.6. The van der Waals surface area contributed by atoms with E-state index in [2.05, 4.69) is 20.9 Å². The third kappa shape index (κ3) is 1.73. The molecule has 0 unspecified atom stereocenters. The molecule has 1 aromatic rings. The lowest BCUT2D eigenvalue weighted by Gasteiger charge is -2.04. The Balaban J connectivity index is 2.48. The second kappa shape index (κ2) is 4.00. The molecule has 1 aliphatic heterocycles. The Hall–Kier alpha value is -1.39. The number of hydrogen-bond donors (Lipinski definition) is 0. The van der Waals surface area contributed by atoms with Gasteiger partial charge in [0.15, 0.2) is 11.5 Å². The first-order valence-electron chi connectivity index (χ1n) is 4.04. The first kappa shape index (κ1) is 10.1. The number of isocyanates is 1. The number of hydrogen-bond acceptors (Lipinski definition) is 4. The Morgan fingerprint density at radius 1 is 1.60 bits per heavy atom. The standard InChI is InChI=1S/C9H5BrFNO3/c10-7-8(11)5(2-12-3-13)1-6-9(7)15-4-14-6/h1H,2,4H2. The summed E-state index contributed by atoms with van der Waals surface area (Å²) in [5.41, 5.74) is 0.259. The zero-order chi connectivity index (χ0) is 10.8. The fourth-order valence-electron chi connectivity index (χ4n) is 1.26. The minimum absolute atomic E-state index is 0.0633. The predicted molar refractivity (Wildman–Crippen MR) is 52.0 cm³/mol. The maximum Gasteiger partial charge on any atom is 0.235 e. The van der Waals surface area contributed by atoms with Crippen molar-refractivity contribution in [3.8, 4) is 11.5 Å². The molecule has 0 aromatic heterocycles. The molecular weight excluding hydrogens is 269 g/mol. The lowest BCUT2D eigenvalue weighted by Crippen LogP contribution is -1.93. The van der Waals surface area contributed by atoms with Crippen LogP contribution in [0.4, 0.5) is 4.39 Å². The fourth-order valence-corrected chi connectivity index (χ4v) is 1.83. The lowest BCUT2D eigenvalue weighted by atomic mass is 10.2. The number of halogens is 2. The molecule has 0 atom stereocenters. The van der Waals surface area contributed by atoms with Crippen LogP contribution in [-0.4, -0.2) is 12.9 Å². The molecule has 0 spiro atoms. The van der Waals surface area contributed by atoms with E-state index in [1.807, 2.05) is 0 Å². The van der Waals surface area contributed by atoms with Gasteiger partial charge in [0.25, 0.3) is 0 Å². The van der Waals surface area contributed by atoms with Gasteiger partial charge in [-0.15, -0.1) is 0 Å². The summed E-state index contributed by atoms with van der Waals surface area (Å²) in [6, 6.07) is 1.46. The molecule has 0 fully saturated rings. The van der Waals surface area contributed by atoms with Crippen LogP contribution in [0.1, 0.15) is 5.56 Å². The van der Waals surface area contributed by atoms with Crippen molar-refractivity contribution >= 4 is 22.0 Å². The Morgan fingerprint density at radius 3 is 3.13 bits per heavy atom. The Labute approximate surface area is 92.8 Å². The van der Waals surface area contributed by atoms with Gasteiger partial charge in [-0.05, 0) is 22.0 Å². The van der Waals surface area contributed by atoms with E-state index in [1.54, 1.807) is 0 Å². The van der Waals surface area contributed by atoms with Crippen molar-refractivity contribution in [2.24, 2.45) is 4.99 Å². The van der Waals surface area contributed by atoms with Crippen LogP contribution in [0, 0.1) is 5.82 Å². The van der Waals surface area contributed by atoms with Crippen LogP contribution in [0.2, 0.25) is 0 Å². The van der Waals surface area contributed by atoms with Gasteiger partial charge < -0.3 is 9.47 Å². The van der Waals surface area contributed by atoms with E-state index in [9.17, 15) is 9.18 Å². The summed E-state index contributed by atoms with van der Waals surface area (Å²) in [4.78, 5) is 13.2. The van der Waals surface area contributed by atoms with Crippen molar-refractivity contribution in [2.75, 3.05) is 6.79 Å². The lowest BCUT2D eigenvalue weighted by molar-refractivity contribution is 0.173. The monoisotopic (exact) mass is 273 g/mol. The van der Waals surface area contributed by atoms with E-state index >= 15 is 0 Å². The largest absolute Gasteiger partial charge is 0.454 e. The summed E-state index contributed by atoms with van der Waals surface area (Å²) >= 11 is 3.05. The van der Waals surface area contributed by atoms with Crippen LogP contribution in [0.25, 0.3) is 0 Å². The van der Waals surface area contributed by atoms with E-state index in [0.29, 0.717) is 11.5 Å². The first-order chi connectivity index (χ1) is 7.24. The van der Waals surface area contributed by atoms with E-state index < -0.39 is 5.82 Å². The number of carbonyl (C=O) groups excluding carboxylic acids is 1. The molecule has 0 N–H and O–H groups in total. The maximum atomic E-state index is 13.6. The molecule has 2 rings (SSSR count). The van der Waals surface area contributed by atoms with Gasteiger partial charge in [0.2, 0.25) is 12.9 Å². The van der Waals surface area contributed by atoms with Crippen LogP contribution < -0.4 is 9.47 Å². The molecule has 4 nitrogen and oxygen atoms in total. The molecule has 0 amide bonds. The average Bonchev–Trinajstić information content (AvgIpc) is 2.69. The van der Waals surface area contributed by atoms with Crippen LogP contribution >= 0.6 is 15.9 Å². The number of fused-ring (bicyclic) bond motifs is 1. The predicted octanol–water partition coefficient (Wildman–Crippen LogP) is 2.15. The molecular formula is C9H5BrFNO3. The van der Waals surface area contributed by atoms with Gasteiger partial charge in [-0.25, -0.2) is 14.2 Å². The number of benzene rings is 1. The van der Waals surface area contributed by atoms with Crippen LogP contribution in [-0.2, 0) is 11.3 Å². The molecule has 1 aromatic carbocycles. The van der Waals surface area contributed by atoms with Gasteiger partial charge in [0.05, 0.1) is 11.0 Å². The van der Waals surface area contributed by atoms with Gasteiger partial charge in [0.1, 0.15) is 5.82 Å². The number of ether oxygens (including phenoxy) is 2. The van der Waals surface area contributed by atoms with Gasteiger partial charge in [-0.3, -0.25) is 0 Å². The first-order valence-corrected chi connectivity index (χ1v) is 4.83. The van der Waals surface area contributed by atoms with Gasteiger partial charge in [-0.2, -0.15) is 0 Å². The topological polar surface area (TPSA) is 47.9 Å². The highest BCUT2D eigenvalue weighted by atomic mass is 79.9. The molecule has 0 bridgehead atoms. The summed E-state index contributed by atoms with van der Waals surface area (Å²) in [6.07, 6.45) is 1.35. The van der Waals surface area contributed by atoms with Crippen molar-refractivity contribution in [2.45, 2.75) is 6.54 Å². The molecule has 0 saturated heterocycles. The van der Waals surface area contributed by atoms with E-state index in [1.165, 1.54) is 12.1 Å². The Morgan fingerprint density at radius 2 is 2.40 bits per heavy atom. The molecule has 0 saturated carbocycles. The third-order valence-electron chi connectivity index (χ3n) is 1.93. The molecule has 15 heavy (non-hydrogen) atoms. The fraction of sp³-hybridized carbons (Fsp3) is 0.222. The SMILES string of the molecule is O=C=NCc1cc2c(c(Br)c1F)OCO2. The van der Waals surface area contributed by atoms with Crippen LogP contribution in [0.15, 0.2) is 15.5 Å².